The molecular weight excluding hydrogens is 385 g/mol. The Morgan fingerprint density at radius 1 is 1.36 bits per heavy atom. The van der Waals surface area contributed by atoms with Crippen LogP contribution in [0.4, 0.5) is 9.52 Å². The van der Waals surface area contributed by atoms with Gasteiger partial charge in [0.05, 0.1) is 29.2 Å². The van der Waals surface area contributed by atoms with Crippen molar-refractivity contribution in [3.05, 3.63) is 46.3 Å². The van der Waals surface area contributed by atoms with E-state index in [1.807, 2.05) is 0 Å². The van der Waals surface area contributed by atoms with Crippen LogP contribution in [0, 0.1) is 12.7 Å². The quantitative estimate of drug-likeness (QED) is 0.567. The lowest BCUT2D eigenvalue weighted by Crippen LogP contribution is -2.20. The summed E-state index contributed by atoms with van der Waals surface area (Å²) in [6.07, 6.45) is 1.52. The summed E-state index contributed by atoms with van der Waals surface area (Å²) in [6, 6.07) is 4.33. The fourth-order valence-corrected chi connectivity index (χ4v) is 3.94. The Labute approximate surface area is 162 Å². The van der Waals surface area contributed by atoms with Crippen LogP contribution < -0.4 is 15.6 Å². The van der Waals surface area contributed by atoms with E-state index in [1.165, 1.54) is 47.5 Å². The first-order chi connectivity index (χ1) is 13.4. The Morgan fingerprint density at radius 2 is 2.14 bits per heavy atom. The van der Waals surface area contributed by atoms with Crippen molar-refractivity contribution in [3.8, 4) is 5.75 Å². The van der Waals surface area contributed by atoms with Gasteiger partial charge >= 0.3 is 0 Å². The molecule has 3 aromatic heterocycles. The van der Waals surface area contributed by atoms with Crippen LogP contribution in [-0.2, 0) is 18.4 Å². The SMILES string of the molecule is COc1cc2nc(NC(=O)Cn3cnc4c3c(C)cc(=O)n4C)sc2cc1F. The molecule has 0 atom stereocenters. The van der Waals surface area contributed by atoms with Crippen molar-refractivity contribution in [1.29, 1.82) is 0 Å². The van der Waals surface area contributed by atoms with Gasteiger partial charge in [-0.2, -0.15) is 0 Å². The van der Waals surface area contributed by atoms with Gasteiger partial charge in [-0.1, -0.05) is 11.3 Å². The summed E-state index contributed by atoms with van der Waals surface area (Å²) < 4.78 is 22.5. The highest BCUT2D eigenvalue weighted by molar-refractivity contribution is 7.22. The van der Waals surface area contributed by atoms with E-state index in [4.69, 9.17) is 4.74 Å². The number of aromatic nitrogens is 4. The van der Waals surface area contributed by atoms with Gasteiger partial charge in [0.15, 0.2) is 22.3 Å². The molecule has 8 nitrogen and oxygen atoms in total. The minimum absolute atomic E-state index is 0.00313. The number of rotatable bonds is 4. The number of hydrogen-bond acceptors (Lipinski definition) is 6. The van der Waals surface area contributed by atoms with E-state index in [9.17, 15) is 14.0 Å². The highest BCUT2D eigenvalue weighted by Gasteiger charge is 2.15. The largest absolute Gasteiger partial charge is 0.494 e. The second-order valence-corrected chi connectivity index (χ2v) is 7.32. The molecule has 144 valence electrons. The molecule has 1 N–H and O–H groups in total. The van der Waals surface area contributed by atoms with Crippen LogP contribution in [0.1, 0.15) is 5.56 Å². The smallest absolute Gasteiger partial charge is 0.252 e. The number of amides is 1. The molecular formula is C18H16FN5O3S. The van der Waals surface area contributed by atoms with Crippen molar-refractivity contribution in [3.63, 3.8) is 0 Å². The number of carbonyl (C=O) groups is 1. The van der Waals surface area contributed by atoms with Crippen LogP contribution in [0.2, 0.25) is 0 Å². The fraction of sp³-hybridized carbons (Fsp3) is 0.222. The van der Waals surface area contributed by atoms with Crippen LogP contribution in [0.3, 0.4) is 0 Å². The summed E-state index contributed by atoms with van der Waals surface area (Å²) in [5.74, 6) is -0.691. The summed E-state index contributed by atoms with van der Waals surface area (Å²) in [5, 5.41) is 3.09. The average molecular weight is 401 g/mol. The Balaban J connectivity index is 1.60. The first-order valence-corrected chi connectivity index (χ1v) is 9.14. The lowest BCUT2D eigenvalue weighted by molar-refractivity contribution is -0.116. The zero-order chi connectivity index (χ0) is 20.0. The number of benzene rings is 1. The van der Waals surface area contributed by atoms with Gasteiger partial charge in [-0.05, 0) is 18.6 Å². The Bertz CT molecular complexity index is 1290. The molecule has 0 radical (unpaired) electrons. The Kier molecular flexibility index (Phi) is 4.34. The molecule has 4 aromatic rings. The van der Waals surface area contributed by atoms with Crippen LogP contribution in [0.25, 0.3) is 21.4 Å². The van der Waals surface area contributed by atoms with Gasteiger partial charge in [0, 0.05) is 19.2 Å². The van der Waals surface area contributed by atoms with Gasteiger partial charge in [-0.3, -0.25) is 14.2 Å². The molecule has 0 aliphatic heterocycles. The molecule has 0 bridgehead atoms. The number of methoxy groups -OCH3 is 1. The van der Waals surface area contributed by atoms with Crippen molar-refractivity contribution < 1.29 is 13.9 Å². The maximum Gasteiger partial charge on any atom is 0.252 e. The summed E-state index contributed by atoms with van der Waals surface area (Å²) >= 11 is 1.17. The van der Waals surface area contributed by atoms with Gasteiger partial charge in [-0.25, -0.2) is 14.4 Å². The second-order valence-electron chi connectivity index (χ2n) is 6.29. The fourth-order valence-electron chi connectivity index (χ4n) is 3.05. The van der Waals surface area contributed by atoms with Crippen molar-refractivity contribution >= 4 is 43.8 Å². The highest BCUT2D eigenvalue weighted by atomic mass is 32.1. The number of aryl methyl sites for hydroxylation is 2. The van der Waals surface area contributed by atoms with E-state index in [1.54, 1.807) is 18.5 Å². The maximum absolute atomic E-state index is 13.8. The molecule has 28 heavy (non-hydrogen) atoms. The van der Waals surface area contributed by atoms with Crippen molar-refractivity contribution in [1.82, 2.24) is 19.1 Å². The van der Waals surface area contributed by atoms with E-state index in [2.05, 4.69) is 15.3 Å². The molecule has 0 saturated heterocycles. The van der Waals surface area contributed by atoms with Crippen LogP contribution in [0.15, 0.2) is 29.3 Å². The Hall–Kier alpha value is -3.27. The van der Waals surface area contributed by atoms with Gasteiger partial charge in [-0.15, -0.1) is 0 Å². The molecule has 1 aromatic carbocycles. The molecule has 4 rings (SSSR count). The number of thiazole rings is 1. The normalized spacial score (nSPS) is 11.3. The summed E-state index contributed by atoms with van der Waals surface area (Å²) in [6.45, 7) is 1.80. The summed E-state index contributed by atoms with van der Waals surface area (Å²) in [4.78, 5) is 32.9. The minimum atomic E-state index is -0.484. The van der Waals surface area contributed by atoms with Gasteiger partial charge in [0.2, 0.25) is 5.91 Å². The monoisotopic (exact) mass is 401 g/mol. The van der Waals surface area contributed by atoms with E-state index in [-0.39, 0.29) is 23.8 Å². The number of nitrogens with zero attached hydrogens (tertiary/aromatic N) is 4. The average Bonchev–Trinajstić information content (AvgIpc) is 3.22. The lowest BCUT2D eigenvalue weighted by atomic mass is 10.2. The zero-order valence-electron chi connectivity index (χ0n) is 15.3. The first kappa shape index (κ1) is 18.1. The summed E-state index contributed by atoms with van der Waals surface area (Å²) in [5.41, 5.74) is 2.36. The maximum atomic E-state index is 13.8. The predicted molar refractivity (Wildman–Crippen MR) is 104 cm³/mol. The number of pyridine rings is 1. The van der Waals surface area contributed by atoms with Crippen molar-refractivity contribution in [2.75, 3.05) is 12.4 Å². The molecule has 0 aliphatic rings. The van der Waals surface area contributed by atoms with Gasteiger partial charge < -0.3 is 14.6 Å². The first-order valence-electron chi connectivity index (χ1n) is 8.32. The number of hydrogen-bond donors (Lipinski definition) is 1. The lowest BCUT2D eigenvalue weighted by Gasteiger charge is -2.07. The van der Waals surface area contributed by atoms with Crippen molar-refractivity contribution in [2.45, 2.75) is 13.5 Å². The van der Waals surface area contributed by atoms with E-state index in [0.29, 0.717) is 26.5 Å². The number of fused-ring (bicyclic) bond motifs is 2. The van der Waals surface area contributed by atoms with Gasteiger partial charge in [0.1, 0.15) is 6.54 Å². The molecule has 1 amide bonds. The number of imidazole rings is 1. The third-order valence-electron chi connectivity index (χ3n) is 4.40. The number of nitrogens with one attached hydrogen (secondary N) is 1. The molecule has 0 aliphatic carbocycles. The molecule has 0 unspecified atom stereocenters. The molecule has 0 saturated carbocycles. The van der Waals surface area contributed by atoms with Crippen LogP contribution in [0.5, 0.6) is 5.75 Å². The Morgan fingerprint density at radius 3 is 2.89 bits per heavy atom. The minimum Gasteiger partial charge on any atom is -0.494 e. The number of halogens is 1. The molecule has 10 heteroatoms. The third-order valence-corrected chi connectivity index (χ3v) is 5.34. The molecule has 0 spiro atoms. The molecule has 3 heterocycles. The predicted octanol–water partition coefficient (Wildman–Crippen LogP) is 2.44. The van der Waals surface area contributed by atoms with Crippen molar-refractivity contribution in [2.24, 2.45) is 7.05 Å². The number of ether oxygens (including phenoxy) is 1. The second kappa shape index (κ2) is 6.71. The third kappa shape index (κ3) is 3.01. The number of anilines is 1. The van der Waals surface area contributed by atoms with E-state index in [0.717, 1.165) is 5.56 Å². The zero-order valence-corrected chi connectivity index (χ0v) is 16.1. The standard InChI is InChI=1S/C18H16FN5O3S/c1-9-4-15(26)23(2)17-16(9)24(8-20-17)7-14(25)22-18-21-11-6-12(27-3)10(19)5-13(11)28-18/h4-6,8H,7H2,1-3H3,(H,21,22,25). The van der Waals surface area contributed by atoms with E-state index >= 15 is 0 Å². The highest BCUT2D eigenvalue weighted by Crippen LogP contribution is 2.31. The van der Waals surface area contributed by atoms with Gasteiger partial charge in [0.25, 0.3) is 5.56 Å². The molecule has 0 fully saturated rings. The van der Waals surface area contributed by atoms with E-state index < -0.39 is 5.82 Å². The topological polar surface area (TPSA) is 91.0 Å². The van der Waals surface area contributed by atoms with Crippen LogP contribution in [-0.4, -0.2) is 32.1 Å². The van der Waals surface area contributed by atoms with Crippen LogP contribution >= 0.6 is 11.3 Å². The summed E-state index contributed by atoms with van der Waals surface area (Å²) in [7, 11) is 3.02. The number of carbonyl (C=O) groups excluding carboxylic acids is 1.